The van der Waals surface area contributed by atoms with E-state index in [1.807, 2.05) is 42.5 Å². The highest BCUT2D eigenvalue weighted by molar-refractivity contribution is 5.69. The lowest BCUT2D eigenvalue weighted by atomic mass is 10.0. The van der Waals surface area contributed by atoms with E-state index in [0.29, 0.717) is 17.7 Å². The van der Waals surface area contributed by atoms with Crippen LogP contribution in [0.1, 0.15) is 5.56 Å². The van der Waals surface area contributed by atoms with Crippen LogP contribution in [0, 0.1) is 0 Å². The van der Waals surface area contributed by atoms with Crippen molar-refractivity contribution >= 4 is 17.1 Å². The van der Waals surface area contributed by atoms with Crippen LogP contribution in [0.3, 0.4) is 0 Å². The number of aromatic amines is 1. The van der Waals surface area contributed by atoms with Crippen LogP contribution in [-0.2, 0) is 6.54 Å². The van der Waals surface area contributed by atoms with E-state index in [0.717, 1.165) is 16.7 Å². The number of nitrogens with one attached hydrogen (secondary N) is 1. The summed E-state index contributed by atoms with van der Waals surface area (Å²) < 4.78 is 1.44. The summed E-state index contributed by atoms with van der Waals surface area (Å²) in [6, 6.07) is 18.2. The van der Waals surface area contributed by atoms with Gasteiger partial charge in [-0.3, -0.25) is 9.36 Å². The van der Waals surface area contributed by atoms with Gasteiger partial charge >= 0.3 is 0 Å². The van der Waals surface area contributed by atoms with Gasteiger partial charge in [0, 0.05) is 0 Å². The standard InChI is InChI=1S/C18H15N5O/c19-18-22-16-15(20-11-21-16)17(24)23(18)10-12-6-8-14(9-7-12)13-4-2-1-3-5-13/h1-9,11H,10H2,(H2,19,22)(H,20,21). The first kappa shape index (κ1) is 14.2. The summed E-state index contributed by atoms with van der Waals surface area (Å²) in [7, 11) is 0. The second-order valence-electron chi connectivity index (χ2n) is 5.53. The molecule has 0 aliphatic carbocycles. The monoisotopic (exact) mass is 317 g/mol. The zero-order valence-corrected chi connectivity index (χ0v) is 12.8. The molecule has 2 aromatic heterocycles. The van der Waals surface area contributed by atoms with Crippen molar-refractivity contribution in [2.24, 2.45) is 0 Å². The summed E-state index contributed by atoms with van der Waals surface area (Å²) in [6.45, 7) is 0.363. The van der Waals surface area contributed by atoms with Crippen LogP contribution >= 0.6 is 0 Å². The first-order valence-corrected chi connectivity index (χ1v) is 7.56. The third-order valence-corrected chi connectivity index (χ3v) is 3.98. The van der Waals surface area contributed by atoms with Gasteiger partial charge in [-0.15, -0.1) is 0 Å². The van der Waals surface area contributed by atoms with Crippen molar-refractivity contribution in [1.82, 2.24) is 19.5 Å². The summed E-state index contributed by atoms with van der Waals surface area (Å²) in [5.74, 6) is 0.159. The summed E-state index contributed by atoms with van der Waals surface area (Å²) >= 11 is 0. The van der Waals surface area contributed by atoms with Crippen molar-refractivity contribution in [2.45, 2.75) is 6.54 Å². The van der Waals surface area contributed by atoms with Gasteiger partial charge in [0.1, 0.15) is 0 Å². The Morgan fingerprint density at radius 1 is 1.00 bits per heavy atom. The molecular weight excluding hydrogens is 302 g/mol. The van der Waals surface area contributed by atoms with Gasteiger partial charge in [-0.1, -0.05) is 54.6 Å². The largest absolute Gasteiger partial charge is 0.369 e. The minimum absolute atomic E-state index is 0.159. The number of aromatic nitrogens is 4. The summed E-state index contributed by atoms with van der Waals surface area (Å²) in [5.41, 5.74) is 9.66. The predicted octanol–water partition coefficient (Wildman–Crippen LogP) is 2.42. The number of nitrogens with zero attached hydrogens (tertiary/aromatic N) is 3. The quantitative estimate of drug-likeness (QED) is 0.607. The molecule has 0 saturated carbocycles. The van der Waals surface area contributed by atoms with Crippen molar-refractivity contribution in [3.63, 3.8) is 0 Å². The molecule has 4 aromatic rings. The molecule has 0 saturated heterocycles. The Balaban J connectivity index is 1.68. The average molecular weight is 317 g/mol. The van der Waals surface area contributed by atoms with Gasteiger partial charge in [-0.05, 0) is 16.7 Å². The first-order valence-electron chi connectivity index (χ1n) is 7.56. The third-order valence-electron chi connectivity index (χ3n) is 3.98. The van der Waals surface area contributed by atoms with Crippen molar-refractivity contribution in [2.75, 3.05) is 5.73 Å². The molecule has 0 aliphatic rings. The van der Waals surface area contributed by atoms with Gasteiger partial charge in [-0.2, -0.15) is 4.98 Å². The lowest BCUT2D eigenvalue weighted by molar-refractivity contribution is 0.761. The topological polar surface area (TPSA) is 89.6 Å². The number of rotatable bonds is 3. The third kappa shape index (κ3) is 2.44. The average Bonchev–Trinajstić information content (AvgIpc) is 3.08. The highest BCUT2D eigenvalue weighted by Gasteiger charge is 2.11. The Bertz CT molecular complexity index is 1050. The molecule has 0 aliphatic heterocycles. The maximum Gasteiger partial charge on any atom is 0.281 e. The van der Waals surface area contributed by atoms with E-state index < -0.39 is 0 Å². The molecule has 0 bridgehead atoms. The summed E-state index contributed by atoms with van der Waals surface area (Å²) in [4.78, 5) is 23.4. The Morgan fingerprint density at radius 3 is 2.46 bits per heavy atom. The van der Waals surface area contributed by atoms with Crippen molar-refractivity contribution in [1.29, 1.82) is 0 Å². The van der Waals surface area contributed by atoms with E-state index >= 15 is 0 Å². The van der Waals surface area contributed by atoms with Crippen LogP contribution in [0.5, 0.6) is 0 Å². The Labute approximate surface area is 137 Å². The Morgan fingerprint density at radius 2 is 1.71 bits per heavy atom. The van der Waals surface area contributed by atoms with Gasteiger partial charge < -0.3 is 10.7 Å². The fraction of sp³-hybridized carbons (Fsp3) is 0.0556. The van der Waals surface area contributed by atoms with Crippen LogP contribution in [-0.4, -0.2) is 19.5 Å². The van der Waals surface area contributed by atoms with Crippen LogP contribution in [0.4, 0.5) is 5.95 Å². The molecule has 0 radical (unpaired) electrons. The minimum atomic E-state index is -0.220. The molecule has 2 heterocycles. The highest BCUT2D eigenvalue weighted by Crippen LogP contribution is 2.19. The molecule has 0 spiro atoms. The Hall–Kier alpha value is -3.41. The zero-order valence-electron chi connectivity index (χ0n) is 12.8. The van der Waals surface area contributed by atoms with E-state index in [4.69, 9.17) is 5.73 Å². The molecule has 3 N–H and O–H groups in total. The number of nitrogen functional groups attached to an aromatic ring is 1. The fourth-order valence-electron chi connectivity index (χ4n) is 2.71. The number of benzene rings is 2. The SMILES string of the molecule is Nc1nc2nc[nH]c2c(=O)n1Cc1ccc(-c2ccccc2)cc1. The normalized spacial score (nSPS) is 11.0. The predicted molar refractivity (Wildman–Crippen MR) is 93.5 cm³/mol. The van der Waals surface area contributed by atoms with E-state index in [1.54, 1.807) is 0 Å². The van der Waals surface area contributed by atoms with Crippen molar-refractivity contribution in [3.05, 3.63) is 76.8 Å². The minimum Gasteiger partial charge on any atom is -0.369 e. The number of H-pyrrole nitrogens is 1. The maximum atomic E-state index is 12.5. The first-order chi connectivity index (χ1) is 11.7. The van der Waals surface area contributed by atoms with E-state index in [1.165, 1.54) is 10.9 Å². The highest BCUT2D eigenvalue weighted by atomic mass is 16.1. The second-order valence-corrected chi connectivity index (χ2v) is 5.53. The van der Waals surface area contributed by atoms with Gasteiger partial charge in [0.05, 0.1) is 12.9 Å². The molecule has 24 heavy (non-hydrogen) atoms. The zero-order chi connectivity index (χ0) is 16.5. The number of nitrogens with two attached hydrogens (primary N) is 1. The molecule has 2 aromatic carbocycles. The van der Waals surface area contributed by atoms with E-state index in [2.05, 4.69) is 27.1 Å². The maximum absolute atomic E-state index is 12.5. The molecule has 118 valence electrons. The smallest absolute Gasteiger partial charge is 0.281 e. The summed E-state index contributed by atoms with van der Waals surface area (Å²) in [6.07, 6.45) is 1.44. The van der Waals surface area contributed by atoms with Gasteiger partial charge in [0.25, 0.3) is 5.56 Å². The van der Waals surface area contributed by atoms with Crippen LogP contribution in [0.2, 0.25) is 0 Å². The lowest BCUT2D eigenvalue weighted by Crippen LogP contribution is -2.25. The molecule has 0 atom stereocenters. The van der Waals surface area contributed by atoms with E-state index in [9.17, 15) is 4.79 Å². The van der Waals surface area contributed by atoms with Crippen LogP contribution < -0.4 is 11.3 Å². The number of imidazole rings is 1. The van der Waals surface area contributed by atoms with Gasteiger partial charge in [0.2, 0.25) is 5.95 Å². The molecule has 0 amide bonds. The number of fused-ring (bicyclic) bond motifs is 1. The molecule has 6 heteroatoms. The molecule has 0 unspecified atom stereocenters. The van der Waals surface area contributed by atoms with E-state index in [-0.39, 0.29) is 11.5 Å². The van der Waals surface area contributed by atoms with Gasteiger partial charge in [0.15, 0.2) is 11.2 Å². The second kappa shape index (κ2) is 5.66. The Kier molecular flexibility index (Phi) is 3.35. The van der Waals surface area contributed by atoms with Crippen LogP contribution in [0.15, 0.2) is 65.7 Å². The van der Waals surface area contributed by atoms with Crippen LogP contribution in [0.25, 0.3) is 22.3 Å². The molecule has 6 nitrogen and oxygen atoms in total. The number of hydrogen-bond donors (Lipinski definition) is 2. The lowest BCUT2D eigenvalue weighted by Gasteiger charge is -2.09. The molecule has 4 rings (SSSR count). The number of anilines is 1. The molecular formula is C18H15N5O. The van der Waals surface area contributed by atoms with Crippen molar-refractivity contribution < 1.29 is 0 Å². The fourth-order valence-corrected chi connectivity index (χ4v) is 2.71. The number of hydrogen-bond acceptors (Lipinski definition) is 4. The molecule has 0 fully saturated rings. The van der Waals surface area contributed by atoms with Crippen molar-refractivity contribution in [3.8, 4) is 11.1 Å². The van der Waals surface area contributed by atoms with Gasteiger partial charge in [-0.25, -0.2) is 4.98 Å². The summed E-state index contributed by atoms with van der Waals surface area (Å²) in [5, 5.41) is 0.